The van der Waals surface area contributed by atoms with Gasteiger partial charge in [0.15, 0.2) is 0 Å². The molecular weight excluding hydrogens is 109 g/mol. The number of rotatable bonds is 3. The Kier molecular flexibility index (Phi) is 2.94. The summed E-state index contributed by atoms with van der Waals surface area (Å²) in [5, 5.41) is 0. The Bertz CT molecular complexity index is 65.4. The highest BCUT2D eigenvalue weighted by Gasteiger charge is 2.19. The van der Waals surface area contributed by atoms with Crippen LogP contribution in [0.5, 0.6) is 0 Å². The van der Waals surface area contributed by atoms with Crippen molar-refractivity contribution in [3.05, 3.63) is 0 Å². The molecule has 0 spiro atoms. The van der Waals surface area contributed by atoms with Crippen LogP contribution in [0.1, 0.15) is 6.92 Å². The second-order valence-corrected chi connectivity index (χ2v) is 2.05. The van der Waals surface area contributed by atoms with Gasteiger partial charge in [-0.3, -0.25) is 0 Å². The Morgan fingerprint density at radius 1 is 1.75 bits per heavy atom. The third-order valence-corrected chi connectivity index (χ3v) is 0.871. The van der Waals surface area contributed by atoms with Gasteiger partial charge in [0.25, 0.3) is 0 Å². The number of nitrogens with two attached hydrogens (primary N) is 1. The topological polar surface area (TPSA) is 35.2 Å². The minimum atomic E-state index is -1.35. The average Bonchev–Trinajstić information content (AvgIpc) is 1.67. The zero-order valence-corrected chi connectivity index (χ0v) is 5.28. The lowest BCUT2D eigenvalue weighted by Crippen LogP contribution is -2.33. The van der Waals surface area contributed by atoms with Crippen LogP contribution in [-0.2, 0) is 4.74 Å². The van der Waals surface area contributed by atoms with Crippen LogP contribution >= 0.6 is 0 Å². The first-order valence-corrected chi connectivity index (χ1v) is 2.50. The summed E-state index contributed by atoms with van der Waals surface area (Å²) in [5.74, 6) is 0. The molecule has 0 aliphatic carbocycles. The lowest BCUT2D eigenvalue weighted by molar-refractivity contribution is 0.0611. The van der Waals surface area contributed by atoms with Crippen LogP contribution in [0.2, 0.25) is 0 Å². The van der Waals surface area contributed by atoms with Gasteiger partial charge in [0.1, 0.15) is 5.67 Å². The van der Waals surface area contributed by atoms with E-state index in [1.54, 1.807) is 0 Å². The van der Waals surface area contributed by atoms with E-state index in [2.05, 4.69) is 4.74 Å². The predicted molar refractivity (Wildman–Crippen MR) is 30.4 cm³/mol. The smallest absolute Gasteiger partial charge is 0.143 e. The molecule has 2 nitrogen and oxygen atoms in total. The van der Waals surface area contributed by atoms with Crippen LogP contribution in [0, 0.1) is 0 Å². The van der Waals surface area contributed by atoms with Crippen LogP contribution in [-0.4, -0.2) is 25.9 Å². The molecule has 3 heteroatoms. The molecule has 0 fully saturated rings. The van der Waals surface area contributed by atoms with Crippen molar-refractivity contribution < 1.29 is 9.13 Å². The van der Waals surface area contributed by atoms with Gasteiger partial charge in [-0.25, -0.2) is 4.39 Å². The zero-order chi connectivity index (χ0) is 6.62. The molecule has 0 aromatic carbocycles. The fraction of sp³-hybridized carbons (Fsp3) is 1.00. The summed E-state index contributed by atoms with van der Waals surface area (Å²) >= 11 is 0. The van der Waals surface area contributed by atoms with Gasteiger partial charge in [0, 0.05) is 13.7 Å². The number of halogens is 1. The standard InChI is InChI=1S/C5H12FNO/c1-5(6,3-7)4-8-2/h3-4,7H2,1-2H3/t5-/m0/s1. The van der Waals surface area contributed by atoms with Crippen molar-refractivity contribution in [2.45, 2.75) is 12.6 Å². The number of alkyl halides is 1. The highest BCUT2D eigenvalue weighted by atomic mass is 19.1. The van der Waals surface area contributed by atoms with Gasteiger partial charge < -0.3 is 10.5 Å². The molecule has 50 valence electrons. The summed E-state index contributed by atoms with van der Waals surface area (Å²) in [5.41, 5.74) is 3.68. The third kappa shape index (κ3) is 2.93. The lowest BCUT2D eigenvalue weighted by Gasteiger charge is -2.15. The Morgan fingerprint density at radius 3 is 2.38 bits per heavy atom. The average molecular weight is 121 g/mol. The fourth-order valence-corrected chi connectivity index (χ4v) is 0.360. The summed E-state index contributed by atoms with van der Waals surface area (Å²) in [6.07, 6.45) is 0. The third-order valence-electron chi connectivity index (χ3n) is 0.871. The van der Waals surface area contributed by atoms with Crippen molar-refractivity contribution in [2.75, 3.05) is 20.3 Å². The lowest BCUT2D eigenvalue weighted by atomic mass is 10.1. The van der Waals surface area contributed by atoms with Crippen LogP contribution in [0.15, 0.2) is 0 Å². The molecule has 0 saturated heterocycles. The zero-order valence-electron chi connectivity index (χ0n) is 5.28. The Hall–Kier alpha value is -0.150. The van der Waals surface area contributed by atoms with Crippen molar-refractivity contribution in [3.63, 3.8) is 0 Å². The van der Waals surface area contributed by atoms with Crippen molar-refractivity contribution >= 4 is 0 Å². The highest BCUT2D eigenvalue weighted by molar-refractivity contribution is 4.72. The minimum Gasteiger partial charge on any atom is -0.381 e. The molecule has 0 rings (SSSR count). The molecule has 0 aromatic heterocycles. The van der Waals surface area contributed by atoms with E-state index in [0.29, 0.717) is 0 Å². The molecule has 0 amide bonds. The maximum absolute atomic E-state index is 12.6. The second-order valence-electron chi connectivity index (χ2n) is 2.05. The Labute approximate surface area is 48.8 Å². The van der Waals surface area contributed by atoms with Crippen LogP contribution in [0.3, 0.4) is 0 Å². The molecule has 0 aromatic rings. The highest BCUT2D eigenvalue weighted by Crippen LogP contribution is 2.06. The maximum atomic E-state index is 12.6. The molecule has 0 saturated carbocycles. The fourth-order valence-electron chi connectivity index (χ4n) is 0.360. The van der Waals surface area contributed by atoms with Crippen molar-refractivity contribution in [3.8, 4) is 0 Å². The molecule has 0 aliphatic rings. The van der Waals surface area contributed by atoms with Gasteiger partial charge in [-0.1, -0.05) is 0 Å². The van der Waals surface area contributed by atoms with Crippen molar-refractivity contribution in [2.24, 2.45) is 5.73 Å². The quantitative estimate of drug-likeness (QED) is 0.583. The van der Waals surface area contributed by atoms with Crippen molar-refractivity contribution in [1.82, 2.24) is 0 Å². The second kappa shape index (κ2) is 2.99. The first-order chi connectivity index (χ1) is 3.62. The van der Waals surface area contributed by atoms with Gasteiger partial charge in [0.2, 0.25) is 0 Å². The Morgan fingerprint density at radius 2 is 2.25 bits per heavy atom. The van der Waals surface area contributed by atoms with Crippen LogP contribution in [0.25, 0.3) is 0 Å². The molecule has 0 heterocycles. The normalized spacial score (nSPS) is 18.0. The van der Waals surface area contributed by atoms with Gasteiger partial charge in [-0.2, -0.15) is 0 Å². The first-order valence-electron chi connectivity index (χ1n) is 2.50. The molecule has 1 atom stereocenters. The van der Waals surface area contributed by atoms with E-state index in [1.807, 2.05) is 0 Å². The SMILES string of the molecule is COC[C@@](C)(F)CN. The molecule has 2 N–H and O–H groups in total. The minimum absolute atomic E-state index is 0.0147. The number of hydrogen-bond acceptors (Lipinski definition) is 2. The van der Waals surface area contributed by atoms with E-state index in [1.165, 1.54) is 14.0 Å². The van der Waals surface area contributed by atoms with E-state index < -0.39 is 5.67 Å². The first kappa shape index (κ1) is 7.85. The van der Waals surface area contributed by atoms with E-state index >= 15 is 0 Å². The monoisotopic (exact) mass is 121 g/mol. The number of hydrogen-bond donors (Lipinski definition) is 1. The molecule has 0 bridgehead atoms. The summed E-state index contributed by atoms with van der Waals surface area (Å²) in [6.45, 7) is 1.50. The molecule has 0 radical (unpaired) electrons. The summed E-state index contributed by atoms with van der Waals surface area (Å²) < 4.78 is 17.1. The number of ether oxygens (including phenoxy) is 1. The van der Waals surface area contributed by atoms with Gasteiger partial charge in [-0.15, -0.1) is 0 Å². The summed E-state index contributed by atoms with van der Waals surface area (Å²) in [7, 11) is 1.45. The van der Waals surface area contributed by atoms with E-state index in [4.69, 9.17) is 5.73 Å². The van der Waals surface area contributed by atoms with Gasteiger partial charge in [0.05, 0.1) is 6.61 Å². The molecule has 0 aliphatic heterocycles. The van der Waals surface area contributed by atoms with Gasteiger partial charge in [-0.05, 0) is 6.92 Å². The molecule has 0 unspecified atom stereocenters. The largest absolute Gasteiger partial charge is 0.381 e. The number of methoxy groups -OCH3 is 1. The van der Waals surface area contributed by atoms with E-state index in [-0.39, 0.29) is 13.2 Å². The van der Waals surface area contributed by atoms with E-state index in [0.717, 1.165) is 0 Å². The maximum Gasteiger partial charge on any atom is 0.143 e. The Balaban J connectivity index is 3.37. The molecular formula is C5H12FNO. The van der Waals surface area contributed by atoms with E-state index in [9.17, 15) is 4.39 Å². The van der Waals surface area contributed by atoms with Crippen LogP contribution in [0.4, 0.5) is 4.39 Å². The predicted octanol–water partition coefficient (Wildman–Crippen LogP) is 0.320. The van der Waals surface area contributed by atoms with Crippen molar-refractivity contribution in [1.29, 1.82) is 0 Å². The summed E-state index contributed by atoms with van der Waals surface area (Å²) in [6, 6.07) is 0. The van der Waals surface area contributed by atoms with Crippen LogP contribution < -0.4 is 5.73 Å². The van der Waals surface area contributed by atoms with Gasteiger partial charge >= 0.3 is 0 Å². The molecule has 8 heavy (non-hydrogen) atoms. The summed E-state index contributed by atoms with van der Waals surface area (Å²) in [4.78, 5) is 0.